The van der Waals surface area contributed by atoms with Gasteiger partial charge in [-0.3, -0.25) is 9.69 Å². The summed E-state index contributed by atoms with van der Waals surface area (Å²) in [6, 6.07) is -0.371. The van der Waals surface area contributed by atoms with Gasteiger partial charge in [0.25, 0.3) is 6.43 Å². The summed E-state index contributed by atoms with van der Waals surface area (Å²) in [6.07, 6.45) is -0.258. The molecule has 0 spiro atoms. The molecule has 1 saturated heterocycles. The van der Waals surface area contributed by atoms with Crippen molar-refractivity contribution in [1.29, 1.82) is 0 Å². The standard InChI is InChI=1S/C10H15F2NO2/c1-2-15-10(14)9-8(6-3-4-6)13(9)5-7(11)12/h6-9H,2-5H2,1H3/t8-,9-,13?/m1/s1. The lowest BCUT2D eigenvalue weighted by Gasteiger charge is -2.02. The van der Waals surface area contributed by atoms with Crippen LogP contribution in [0.5, 0.6) is 0 Å². The molecule has 1 aliphatic heterocycles. The van der Waals surface area contributed by atoms with Crippen LogP contribution in [0.4, 0.5) is 8.78 Å². The van der Waals surface area contributed by atoms with E-state index in [1.165, 1.54) is 0 Å². The average Bonchev–Trinajstić information content (AvgIpc) is 2.93. The molecule has 86 valence electrons. The van der Waals surface area contributed by atoms with Crippen molar-refractivity contribution < 1.29 is 18.3 Å². The summed E-state index contributed by atoms with van der Waals surface area (Å²) in [4.78, 5) is 13.0. The highest BCUT2D eigenvalue weighted by Gasteiger charge is 2.60. The third kappa shape index (κ3) is 2.27. The van der Waals surface area contributed by atoms with Gasteiger partial charge in [-0.2, -0.15) is 0 Å². The number of hydrogen-bond acceptors (Lipinski definition) is 3. The molecule has 1 saturated carbocycles. The minimum Gasteiger partial charge on any atom is -0.465 e. The quantitative estimate of drug-likeness (QED) is 0.515. The predicted octanol–water partition coefficient (Wildman–Crippen LogP) is 1.28. The minimum absolute atomic E-state index is 0.0260. The van der Waals surface area contributed by atoms with Gasteiger partial charge in [0.2, 0.25) is 0 Å². The van der Waals surface area contributed by atoms with Crippen LogP contribution in [-0.4, -0.2) is 42.5 Å². The van der Waals surface area contributed by atoms with Crippen molar-refractivity contribution >= 4 is 5.97 Å². The van der Waals surface area contributed by atoms with E-state index in [0.29, 0.717) is 12.5 Å². The third-order valence-electron chi connectivity index (χ3n) is 2.96. The van der Waals surface area contributed by atoms with Crippen molar-refractivity contribution in [3.63, 3.8) is 0 Å². The number of halogens is 2. The maximum absolute atomic E-state index is 12.2. The smallest absolute Gasteiger partial charge is 0.325 e. The van der Waals surface area contributed by atoms with Gasteiger partial charge in [-0.05, 0) is 25.7 Å². The lowest BCUT2D eigenvalue weighted by molar-refractivity contribution is -0.143. The summed E-state index contributed by atoms with van der Waals surface area (Å²) in [6.45, 7) is 1.74. The van der Waals surface area contributed by atoms with Crippen molar-refractivity contribution in [3.8, 4) is 0 Å². The molecule has 0 aromatic rings. The van der Waals surface area contributed by atoms with Crippen molar-refractivity contribution in [1.82, 2.24) is 4.90 Å². The van der Waals surface area contributed by atoms with E-state index in [1.54, 1.807) is 11.8 Å². The highest BCUT2D eigenvalue weighted by atomic mass is 19.3. The highest BCUT2D eigenvalue weighted by Crippen LogP contribution is 2.47. The van der Waals surface area contributed by atoms with Crippen LogP contribution in [0.15, 0.2) is 0 Å². The van der Waals surface area contributed by atoms with E-state index in [4.69, 9.17) is 4.74 Å². The number of ether oxygens (including phenoxy) is 1. The molecule has 3 atom stereocenters. The van der Waals surface area contributed by atoms with Gasteiger partial charge in [0.1, 0.15) is 6.04 Å². The maximum atomic E-state index is 12.2. The van der Waals surface area contributed by atoms with Crippen molar-refractivity contribution in [2.24, 2.45) is 5.92 Å². The molecule has 1 aliphatic carbocycles. The second-order valence-corrected chi connectivity index (χ2v) is 4.11. The zero-order chi connectivity index (χ0) is 11.0. The Balaban J connectivity index is 1.89. The van der Waals surface area contributed by atoms with Crippen LogP contribution < -0.4 is 0 Å². The van der Waals surface area contributed by atoms with E-state index < -0.39 is 12.5 Å². The van der Waals surface area contributed by atoms with E-state index >= 15 is 0 Å². The predicted molar refractivity (Wildman–Crippen MR) is 49.6 cm³/mol. The molecule has 0 N–H and O–H groups in total. The molecular weight excluding hydrogens is 204 g/mol. The molecule has 15 heavy (non-hydrogen) atoms. The van der Waals surface area contributed by atoms with E-state index in [2.05, 4.69) is 0 Å². The van der Waals surface area contributed by atoms with Gasteiger partial charge in [-0.15, -0.1) is 0 Å². The first kappa shape index (κ1) is 10.8. The zero-order valence-corrected chi connectivity index (χ0v) is 8.66. The van der Waals surface area contributed by atoms with E-state index in [9.17, 15) is 13.6 Å². The lowest BCUT2D eigenvalue weighted by Crippen LogP contribution is -2.19. The van der Waals surface area contributed by atoms with Gasteiger partial charge in [0.15, 0.2) is 0 Å². The van der Waals surface area contributed by atoms with Crippen LogP contribution >= 0.6 is 0 Å². The lowest BCUT2D eigenvalue weighted by atomic mass is 10.2. The van der Waals surface area contributed by atoms with Crippen LogP contribution in [0, 0.1) is 5.92 Å². The number of carbonyl (C=O) groups excluding carboxylic acids is 1. The molecule has 0 aromatic carbocycles. The molecule has 0 aromatic heterocycles. The largest absolute Gasteiger partial charge is 0.465 e. The fraction of sp³-hybridized carbons (Fsp3) is 0.900. The average molecular weight is 219 g/mol. The summed E-state index contributed by atoms with van der Waals surface area (Å²) in [7, 11) is 0. The van der Waals surface area contributed by atoms with E-state index in [-0.39, 0.29) is 18.6 Å². The Labute approximate surface area is 87.4 Å². The number of nitrogens with zero attached hydrogens (tertiary/aromatic N) is 1. The first-order chi connectivity index (χ1) is 7.15. The highest BCUT2D eigenvalue weighted by molar-refractivity contribution is 5.80. The molecule has 5 heteroatoms. The van der Waals surface area contributed by atoms with Crippen LogP contribution in [0.25, 0.3) is 0 Å². The summed E-state index contributed by atoms with van der Waals surface area (Å²) < 4.78 is 29.3. The fourth-order valence-corrected chi connectivity index (χ4v) is 2.16. The number of esters is 1. The van der Waals surface area contributed by atoms with E-state index in [1.807, 2.05) is 0 Å². The Morgan fingerprint density at radius 3 is 2.67 bits per heavy atom. The second-order valence-electron chi connectivity index (χ2n) is 4.11. The SMILES string of the molecule is CCOC(=O)[C@H]1[C@@H](C2CC2)N1CC(F)F. The molecule has 2 fully saturated rings. The van der Waals surface area contributed by atoms with Crippen LogP contribution in [-0.2, 0) is 9.53 Å². The molecule has 0 amide bonds. The van der Waals surface area contributed by atoms with Crippen LogP contribution in [0.1, 0.15) is 19.8 Å². The Bertz CT molecular complexity index is 256. The number of hydrogen-bond donors (Lipinski definition) is 0. The number of carbonyl (C=O) groups is 1. The molecule has 1 heterocycles. The zero-order valence-electron chi connectivity index (χ0n) is 8.66. The van der Waals surface area contributed by atoms with Crippen LogP contribution in [0.3, 0.4) is 0 Å². The van der Waals surface area contributed by atoms with Gasteiger partial charge < -0.3 is 4.74 Å². The number of rotatable bonds is 5. The summed E-state index contributed by atoms with van der Waals surface area (Å²) >= 11 is 0. The van der Waals surface area contributed by atoms with Gasteiger partial charge >= 0.3 is 5.97 Å². The Morgan fingerprint density at radius 2 is 2.20 bits per heavy atom. The monoisotopic (exact) mass is 219 g/mol. The molecule has 0 bridgehead atoms. The van der Waals surface area contributed by atoms with Gasteiger partial charge in [0, 0.05) is 6.04 Å². The number of alkyl halides is 2. The van der Waals surface area contributed by atoms with Gasteiger partial charge in [-0.25, -0.2) is 8.78 Å². The fourth-order valence-electron chi connectivity index (χ4n) is 2.16. The molecular formula is C10H15F2NO2. The van der Waals surface area contributed by atoms with E-state index in [0.717, 1.165) is 12.8 Å². The Morgan fingerprint density at radius 1 is 1.53 bits per heavy atom. The van der Waals surface area contributed by atoms with Gasteiger partial charge in [-0.1, -0.05) is 0 Å². The maximum Gasteiger partial charge on any atom is 0.325 e. The van der Waals surface area contributed by atoms with Crippen LogP contribution in [0.2, 0.25) is 0 Å². The second kappa shape index (κ2) is 4.04. The molecule has 3 nitrogen and oxygen atoms in total. The topological polar surface area (TPSA) is 29.3 Å². The third-order valence-corrected chi connectivity index (χ3v) is 2.96. The Kier molecular flexibility index (Phi) is 2.91. The molecule has 0 radical (unpaired) electrons. The van der Waals surface area contributed by atoms with Crippen molar-refractivity contribution in [2.75, 3.05) is 13.2 Å². The van der Waals surface area contributed by atoms with Crippen molar-refractivity contribution in [3.05, 3.63) is 0 Å². The minimum atomic E-state index is -2.37. The van der Waals surface area contributed by atoms with Crippen molar-refractivity contribution in [2.45, 2.75) is 38.3 Å². The summed E-state index contributed by atoms with van der Waals surface area (Å²) in [5.74, 6) is 0.105. The molecule has 1 unspecified atom stereocenters. The Hall–Kier alpha value is -0.710. The first-order valence-corrected chi connectivity index (χ1v) is 5.35. The normalized spacial score (nSPS) is 34.3. The first-order valence-electron chi connectivity index (χ1n) is 5.35. The summed E-state index contributed by atoms with van der Waals surface area (Å²) in [5.41, 5.74) is 0. The van der Waals surface area contributed by atoms with Gasteiger partial charge in [0.05, 0.1) is 13.2 Å². The molecule has 2 aliphatic rings. The molecule has 2 rings (SSSR count). The summed E-state index contributed by atoms with van der Waals surface area (Å²) in [5, 5.41) is 0.